The van der Waals surface area contributed by atoms with Gasteiger partial charge in [0.25, 0.3) is 0 Å². The predicted molar refractivity (Wildman–Crippen MR) is 60.0 cm³/mol. The van der Waals surface area contributed by atoms with Crippen molar-refractivity contribution in [3.63, 3.8) is 0 Å². The van der Waals surface area contributed by atoms with Crippen LogP contribution in [0.4, 0.5) is 0 Å². The van der Waals surface area contributed by atoms with Crippen molar-refractivity contribution in [1.82, 2.24) is 10.2 Å². The molecule has 0 amide bonds. The number of hydrogen-bond acceptors (Lipinski definition) is 3. The maximum atomic E-state index is 5.83. The van der Waals surface area contributed by atoms with Crippen molar-refractivity contribution in [2.45, 2.75) is 50.3 Å². The molecule has 1 saturated carbocycles. The van der Waals surface area contributed by atoms with Crippen LogP contribution in [0.3, 0.4) is 0 Å². The topological polar surface area (TPSA) is 24.5 Å². The van der Waals surface area contributed by atoms with Crippen molar-refractivity contribution in [2.75, 3.05) is 26.2 Å². The van der Waals surface area contributed by atoms with E-state index in [1.54, 1.807) is 0 Å². The van der Waals surface area contributed by atoms with E-state index in [1.165, 1.54) is 45.2 Å². The molecule has 2 saturated heterocycles. The quantitative estimate of drug-likeness (QED) is 0.735. The molecule has 2 heterocycles. The molecule has 1 N–H and O–H groups in total. The Morgan fingerprint density at radius 1 is 1.20 bits per heavy atom. The fraction of sp³-hybridized carbons (Fsp3) is 1.00. The summed E-state index contributed by atoms with van der Waals surface area (Å²) in [7, 11) is 0. The molecule has 3 fully saturated rings. The van der Waals surface area contributed by atoms with Gasteiger partial charge in [-0.25, -0.2) is 0 Å². The van der Waals surface area contributed by atoms with E-state index in [0.717, 1.165) is 25.2 Å². The number of rotatable bonds is 2. The van der Waals surface area contributed by atoms with Crippen LogP contribution in [-0.2, 0) is 4.74 Å². The largest absolute Gasteiger partial charge is 0.375 e. The lowest BCUT2D eigenvalue weighted by molar-refractivity contribution is -0.0576. The number of fused-ring (bicyclic) bond motifs is 1. The number of nitrogens with one attached hydrogen (secondary N) is 1. The van der Waals surface area contributed by atoms with E-state index in [0.29, 0.717) is 6.10 Å². The molecule has 0 aromatic rings. The highest BCUT2D eigenvalue weighted by Gasteiger charge is 2.36. The Bertz CT molecular complexity index is 216. The fourth-order valence-electron chi connectivity index (χ4n) is 3.43. The molecule has 86 valence electrons. The second kappa shape index (κ2) is 4.40. The Labute approximate surface area is 92.2 Å². The Kier molecular flexibility index (Phi) is 2.95. The zero-order valence-corrected chi connectivity index (χ0v) is 9.45. The molecule has 0 aromatic carbocycles. The van der Waals surface area contributed by atoms with Crippen LogP contribution >= 0.6 is 0 Å². The second-order valence-electron chi connectivity index (χ2n) is 5.20. The van der Waals surface area contributed by atoms with Crippen LogP contribution < -0.4 is 5.32 Å². The minimum absolute atomic E-state index is 0.556. The third-order valence-electron chi connectivity index (χ3n) is 4.21. The second-order valence-corrected chi connectivity index (χ2v) is 5.20. The first kappa shape index (κ1) is 10.1. The highest BCUT2D eigenvalue weighted by molar-refractivity contribution is 4.91. The van der Waals surface area contributed by atoms with Gasteiger partial charge in [-0.3, -0.25) is 4.90 Å². The van der Waals surface area contributed by atoms with Crippen LogP contribution in [0, 0.1) is 0 Å². The van der Waals surface area contributed by atoms with Crippen LogP contribution in [0.2, 0.25) is 0 Å². The van der Waals surface area contributed by atoms with Crippen molar-refractivity contribution in [2.24, 2.45) is 0 Å². The molecule has 1 aliphatic carbocycles. The summed E-state index contributed by atoms with van der Waals surface area (Å²) >= 11 is 0. The molecule has 3 aliphatic rings. The van der Waals surface area contributed by atoms with Gasteiger partial charge in [0.05, 0.1) is 12.7 Å². The van der Waals surface area contributed by atoms with Crippen molar-refractivity contribution < 1.29 is 4.74 Å². The summed E-state index contributed by atoms with van der Waals surface area (Å²) in [5.74, 6) is 0. The minimum Gasteiger partial charge on any atom is -0.375 e. The molecule has 0 aromatic heterocycles. The van der Waals surface area contributed by atoms with Crippen molar-refractivity contribution in [3.8, 4) is 0 Å². The maximum Gasteiger partial charge on any atom is 0.0730 e. The van der Waals surface area contributed by atoms with Crippen LogP contribution in [-0.4, -0.2) is 49.3 Å². The number of ether oxygens (including phenoxy) is 1. The first-order chi connectivity index (χ1) is 7.43. The lowest BCUT2D eigenvalue weighted by Crippen LogP contribution is -2.52. The van der Waals surface area contributed by atoms with Gasteiger partial charge in [0.2, 0.25) is 0 Å². The SMILES string of the molecule is C1CC2OCCN(C[C@H]3CCCN3)C2C1. The minimum atomic E-state index is 0.556. The average Bonchev–Trinajstić information content (AvgIpc) is 2.87. The lowest BCUT2D eigenvalue weighted by Gasteiger charge is -2.39. The van der Waals surface area contributed by atoms with Gasteiger partial charge in [0.1, 0.15) is 0 Å². The molecule has 2 aliphatic heterocycles. The highest BCUT2D eigenvalue weighted by Crippen LogP contribution is 2.29. The van der Waals surface area contributed by atoms with E-state index in [2.05, 4.69) is 10.2 Å². The number of hydrogen-bond donors (Lipinski definition) is 1. The summed E-state index contributed by atoms with van der Waals surface area (Å²) in [5, 5.41) is 3.60. The summed E-state index contributed by atoms with van der Waals surface area (Å²) in [6.07, 6.45) is 7.30. The van der Waals surface area contributed by atoms with Crippen LogP contribution in [0.5, 0.6) is 0 Å². The molecule has 3 atom stereocenters. The van der Waals surface area contributed by atoms with E-state index in [4.69, 9.17) is 4.74 Å². The maximum absolute atomic E-state index is 5.83. The Hall–Kier alpha value is -0.120. The van der Waals surface area contributed by atoms with Crippen molar-refractivity contribution >= 4 is 0 Å². The van der Waals surface area contributed by atoms with Crippen LogP contribution in [0.15, 0.2) is 0 Å². The Morgan fingerprint density at radius 3 is 3.07 bits per heavy atom. The van der Waals surface area contributed by atoms with E-state index in [-0.39, 0.29) is 0 Å². The van der Waals surface area contributed by atoms with Crippen molar-refractivity contribution in [3.05, 3.63) is 0 Å². The molecule has 0 bridgehead atoms. The molecular formula is C12H22N2O. The standard InChI is InChI=1S/C12H22N2O/c1-4-11-12(5-1)15-8-7-14(11)9-10-3-2-6-13-10/h10-13H,1-9H2/t10-,11?,12?/m1/s1. The average molecular weight is 210 g/mol. The monoisotopic (exact) mass is 210 g/mol. The summed E-state index contributed by atoms with van der Waals surface area (Å²) in [6, 6.07) is 1.49. The number of nitrogens with zero attached hydrogens (tertiary/aromatic N) is 1. The van der Waals surface area contributed by atoms with Gasteiger partial charge >= 0.3 is 0 Å². The summed E-state index contributed by atoms with van der Waals surface area (Å²) in [5.41, 5.74) is 0. The molecular weight excluding hydrogens is 188 g/mol. The normalized spacial score (nSPS) is 42.0. The highest BCUT2D eigenvalue weighted by atomic mass is 16.5. The molecule has 0 spiro atoms. The van der Waals surface area contributed by atoms with Gasteiger partial charge < -0.3 is 10.1 Å². The van der Waals surface area contributed by atoms with E-state index >= 15 is 0 Å². The van der Waals surface area contributed by atoms with E-state index < -0.39 is 0 Å². The molecule has 3 heteroatoms. The van der Waals surface area contributed by atoms with Crippen LogP contribution in [0.1, 0.15) is 32.1 Å². The molecule has 2 unspecified atom stereocenters. The third kappa shape index (κ3) is 2.05. The first-order valence-corrected chi connectivity index (χ1v) is 6.52. The van der Waals surface area contributed by atoms with Gasteiger partial charge in [-0.2, -0.15) is 0 Å². The summed E-state index contributed by atoms with van der Waals surface area (Å²) < 4.78 is 5.83. The van der Waals surface area contributed by atoms with Gasteiger partial charge in [-0.1, -0.05) is 0 Å². The first-order valence-electron chi connectivity index (χ1n) is 6.52. The van der Waals surface area contributed by atoms with Crippen molar-refractivity contribution in [1.29, 1.82) is 0 Å². The molecule has 15 heavy (non-hydrogen) atoms. The molecule has 0 radical (unpaired) electrons. The van der Waals surface area contributed by atoms with Gasteiger partial charge in [0, 0.05) is 25.2 Å². The van der Waals surface area contributed by atoms with Gasteiger partial charge in [-0.15, -0.1) is 0 Å². The number of morpholine rings is 1. The zero-order chi connectivity index (χ0) is 10.1. The summed E-state index contributed by atoms with van der Waals surface area (Å²) in [6.45, 7) is 4.58. The van der Waals surface area contributed by atoms with E-state index in [1.807, 2.05) is 0 Å². The molecule has 3 nitrogen and oxygen atoms in total. The Morgan fingerprint density at radius 2 is 2.20 bits per heavy atom. The fourth-order valence-corrected chi connectivity index (χ4v) is 3.43. The smallest absolute Gasteiger partial charge is 0.0730 e. The molecule has 3 rings (SSSR count). The van der Waals surface area contributed by atoms with E-state index in [9.17, 15) is 0 Å². The van der Waals surface area contributed by atoms with Gasteiger partial charge in [0.15, 0.2) is 0 Å². The lowest BCUT2D eigenvalue weighted by atomic mass is 10.1. The third-order valence-corrected chi connectivity index (χ3v) is 4.21. The van der Waals surface area contributed by atoms with Gasteiger partial charge in [-0.05, 0) is 38.6 Å². The summed E-state index contributed by atoms with van der Waals surface area (Å²) in [4.78, 5) is 2.68. The zero-order valence-electron chi connectivity index (χ0n) is 9.45. The van der Waals surface area contributed by atoms with Crippen LogP contribution in [0.25, 0.3) is 0 Å². The predicted octanol–water partition coefficient (Wildman–Crippen LogP) is 0.992. The Balaban J connectivity index is 1.59.